The molecule has 1 fully saturated rings. The SMILES string of the molecule is CCc1ccc(C(=O)N2CCN(c3ccc([N+](=O)[O-])c(NC(C)c4ccccc4)c3)CC2)cc1. The fourth-order valence-corrected chi connectivity index (χ4v) is 4.29. The summed E-state index contributed by atoms with van der Waals surface area (Å²) in [4.78, 5) is 28.2. The molecule has 1 amide bonds. The molecule has 0 saturated carbocycles. The van der Waals surface area contributed by atoms with Crippen LogP contribution in [0, 0.1) is 10.1 Å². The Morgan fingerprint density at radius 2 is 1.68 bits per heavy atom. The zero-order chi connectivity index (χ0) is 24.1. The number of carbonyl (C=O) groups excluding carboxylic acids is 1. The number of carbonyl (C=O) groups is 1. The largest absolute Gasteiger partial charge is 0.373 e. The maximum atomic E-state index is 12.9. The monoisotopic (exact) mass is 458 g/mol. The number of piperazine rings is 1. The summed E-state index contributed by atoms with van der Waals surface area (Å²) >= 11 is 0. The fourth-order valence-electron chi connectivity index (χ4n) is 4.29. The summed E-state index contributed by atoms with van der Waals surface area (Å²) < 4.78 is 0. The second-order valence-corrected chi connectivity index (χ2v) is 8.56. The van der Waals surface area contributed by atoms with Crippen molar-refractivity contribution >= 4 is 23.0 Å². The number of hydrogen-bond acceptors (Lipinski definition) is 5. The highest BCUT2D eigenvalue weighted by molar-refractivity contribution is 5.94. The number of nitrogens with zero attached hydrogens (tertiary/aromatic N) is 3. The first kappa shape index (κ1) is 23.3. The van der Waals surface area contributed by atoms with Gasteiger partial charge in [-0.2, -0.15) is 0 Å². The number of nitro groups is 1. The number of nitro benzene ring substituents is 1. The van der Waals surface area contributed by atoms with E-state index in [9.17, 15) is 14.9 Å². The van der Waals surface area contributed by atoms with Gasteiger partial charge in [-0.05, 0) is 48.7 Å². The van der Waals surface area contributed by atoms with Crippen LogP contribution < -0.4 is 10.2 Å². The lowest BCUT2D eigenvalue weighted by Crippen LogP contribution is -2.48. The number of amides is 1. The van der Waals surface area contributed by atoms with Crippen molar-refractivity contribution in [2.75, 3.05) is 36.4 Å². The number of nitrogens with one attached hydrogen (secondary N) is 1. The van der Waals surface area contributed by atoms with Gasteiger partial charge in [0.2, 0.25) is 0 Å². The van der Waals surface area contributed by atoms with Gasteiger partial charge in [-0.3, -0.25) is 14.9 Å². The second-order valence-electron chi connectivity index (χ2n) is 8.56. The fraction of sp³-hybridized carbons (Fsp3) is 0.296. The zero-order valence-corrected chi connectivity index (χ0v) is 19.6. The van der Waals surface area contributed by atoms with Crippen LogP contribution in [0.5, 0.6) is 0 Å². The summed E-state index contributed by atoms with van der Waals surface area (Å²) in [5.74, 6) is 0.0463. The quantitative estimate of drug-likeness (QED) is 0.384. The van der Waals surface area contributed by atoms with Gasteiger partial charge in [0.1, 0.15) is 5.69 Å². The molecule has 34 heavy (non-hydrogen) atoms. The van der Waals surface area contributed by atoms with Crippen LogP contribution in [0.4, 0.5) is 17.1 Å². The van der Waals surface area contributed by atoms with Crippen LogP contribution >= 0.6 is 0 Å². The third-order valence-electron chi connectivity index (χ3n) is 6.39. The van der Waals surface area contributed by atoms with E-state index in [1.165, 1.54) is 5.56 Å². The predicted molar refractivity (Wildman–Crippen MR) is 136 cm³/mol. The van der Waals surface area contributed by atoms with E-state index in [-0.39, 0.29) is 22.6 Å². The summed E-state index contributed by atoms with van der Waals surface area (Å²) in [5.41, 5.74) is 4.44. The average molecular weight is 459 g/mol. The van der Waals surface area contributed by atoms with E-state index in [0.29, 0.717) is 37.4 Å². The summed E-state index contributed by atoms with van der Waals surface area (Å²) in [6.07, 6.45) is 0.948. The van der Waals surface area contributed by atoms with Gasteiger partial charge in [0.15, 0.2) is 0 Å². The van der Waals surface area contributed by atoms with Crippen LogP contribution in [-0.4, -0.2) is 41.9 Å². The van der Waals surface area contributed by atoms with Crippen molar-refractivity contribution < 1.29 is 9.72 Å². The Morgan fingerprint density at radius 3 is 2.29 bits per heavy atom. The van der Waals surface area contributed by atoms with Gasteiger partial charge in [-0.15, -0.1) is 0 Å². The van der Waals surface area contributed by atoms with Crippen molar-refractivity contribution in [2.24, 2.45) is 0 Å². The Hall–Kier alpha value is -3.87. The van der Waals surface area contributed by atoms with Crippen LogP contribution in [0.3, 0.4) is 0 Å². The number of hydrogen-bond donors (Lipinski definition) is 1. The molecule has 176 valence electrons. The Bertz CT molecular complexity index is 1140. The van der Waals surface area contributed by atoms with Crippen molar-refractivity contribution in [1.29, 1.82) is 0 Å². The summed E-state index contributed by atoms with van der Waals surface area (Å²) in [6.45, 7) is 6.64. The average Bonchev–Trinajstić information content (AvgIpc) is 2.88. The molecule has 3 aromatic carbocycles. The molecule has 1 aliphatic heterocycles. The topological polar surface area (TPSA) is 78.7 Å². The Morgan fingerprint density at radius 1 is 1.00 bits per heavy atom. The van der Waals surface area contributed by atoms with E-state index in [4.69, 9.17) is 0 Å². The number of aryl methyl sites for hydroxylation is 1. The van der Waals surface area contributed by atoms with Crippen molar-refractivity contribution in [1.82, 2.24) is 4.90 Å². The van der Waals surface area contributed by atoms with Gasteiger partial charge >= 0.3 is 0 Å². The molecule has 1 atom stereocenters. The molecular weight excluding hydrogens is 428 g/mol. The molecule has 3 aromatic rings. The number of rotatable bonds is 7. The van der Waals surface area contributed by atoms with Crippen molar-refractivity contribution in [3.05, 3.63) is 99.6 Å². The molecule has 1 unspecified atom stereocenters. The van der Waals surface area contributed by atoms with Crippen LogP contribution in [0.25, 0.3) is 0 Å². The van der Waals surface area contributed by atoms with E-state index in [2.05, 4.69) is 17.1 Å². The van der Waals surface area contributed by atoms with E-state index in [1.807, 2.05) is 72.5 Å². The molecule has 0 aliphatic carbocycles. The molecule has 7 nitrogen and oxygen atoms in total. The lowest BCUT2D eigenvalue weighted by Gasteiger charge is -2.36. The van der Waals surface area contributed by atoms with Gasteiger partial charge in [0, 0.05) is 49.5 Å². The molecule has 1 N–H and O–H groups in total. The number of benzene rings is 3. The van der Waals surface area contributed by atoms with Crippen LogP contribution in [0.15, 0.2) is 72.8 Å². The molecule has 1 heterocycles. The summed E-state index contributed by atoms with van der Waals surface area (Å²) in [5, 5.41) is 14.9. The molecule has 4 rings (SSSR count). The van der Waals surface area contributed by atoms with E-state index in [0.717, 1.165) is 17.7 Å². The van der Waals surface area contributed by atoms with Crippen molar-refractivity contribution in [3.63, 3.8) is 0 Å². The van der Waals surface area contributed by atoms with E-state index in [1.54, 1.807) is 12.1 Å². The van der Waals surface area contributed by atoms with Gasteiger partial charge < -0.3 is 15.1 Å². The number of anilines is 2. The molecule has 0 bridgehead atoms. The van der Waals surface area contributed by atoms with Crippen LogP contribution in [0.2, 0.25) is 0 Å². The Balaban J connectivity index is 1.45. The maximum Gasteiger partial charge on any atom is 0.292 e. The highest BCUT2D eigenvalue weighted by Crippen LogP contribution is 2.33. The molecule has 0 aromatic heterocycles. The molecular formula is C27H30N4O3. The third-order valence-corrected chi connectivity index (χ3v) is 6.39. The standard InChI is InChI=1S/C27H30N4O3/c1-3-21-9-11-23(12-10-21)27(32)30-17-15-29(16-18-30)24-13-14-26(31(33)34)25(19-24)28-20(2)22-7-5-4-6-8-22/h4-14,19-20,28H,3,15-18H2,1-2H3. The van der Waals surface area contributed by atoms with E-state index < -0.39 is 0 Å². The lowest BCUT2D eigenvalue weighted by atomic mass is 10.1. The van der Waals surface area contributed by atoms with Gasteiger partial charge in [-0.25, -0.2) is 0 Å². The minimum atomic E-state index is -0.357. The lowest BCUT2D eigenvalue weighted by molar-refractivity contribution is -0.384. The van der Waals surface area contributed by atoms with Gasteiger partial charge in [-0.1, -0.05) is 49.4 Å². The zero-order valence-electron chi connectivity index (χ0n) is 19.6. The smallest absolute Gasteiger partial charge is 0.292 e. The predicted octanol–water partition coefficient (Wildman–Crippen LogP) is 5.29. The normalized spacial score (nSPS) is 14.5. The molecule has 1 aliphatic rings. The van der Waals surface area contributed by atoms with Crippen LogP contribution in [0.1, 0.15) is 41.4 Å². The minimum Gasteiger partial charge on any atom is -0.373 e. The first-order valence-corrected chi connectivity index (χ1v) is 11.7. The van der Waals surface area contributed by atoms with E-state index >= 15 is 0 Å². The second kappa shape index (κ2) is 10.4. The Kier molecular flexibility index (Phi) is 7.11. The molecule has 0 radical (unpaired) electrons. The highest BCUT2D eigenvalue weighted by Gasteiger charge is 2.24. The van der Waals surface area contributed by atoms with Crippen molar-refractivity contribution in [2.45, 2.75) is 26.3 Å². The highest BCUT2D eigenvalue weighted by atomic mass is 16.6. The molecule has 1 saturated heterocycles. The first-order chi connectivity index (χ1) is 16.5. The third kappa shape index (κ3) is 5.20. The van der Waals surface area contributed by atoms with Crippen molar-refractivity contribution in [3.8, 4) is 0 Å². The Labute approximate surface area is 200 Å². The first-order valence-electron chi connectivity index (χ1n) is 11.7. The summed E-state index contributed by atoms with van der Waals surface area (Å²) in [7, 11) is 0. The van der Waals surface area contributed by atoms with Gasteiger partial charge in [0.25, 0.3) is 11.6 Å². The summed E-state index contributed by atoms with van der Waals surface area (Å²) in [6, 6.07) is 22.8. The molecule has 0 spiro atoms. The molecule has 7 heteroatoms. The maximum absolute atomic E-state index is 12.9. The van der Waals surface area contributed by atoms with Crippen LogP contribution in [-0.2, 0) is 6.42 Å². The minimum absolute atomic E-state index is 0.0463. The van der Waals surface area contributed by atoms with Gasteiger partial charge in [0.05, 0.1) is 4.92 Å².